The number of nitrogens with zero attached hydrogens (tertiary/aromatic N) is 1. The molecule has 104 valence electrons. The van der Waals surface area contributed by atoms with Gasteiger partial charge in [-0.15, -0.1) is 0 Å². The predicted molar refractivity (Wildman–Crippen MR) is 65.8 cm³/mol. The standard InChI is InChI=1S/C14H11F3N2O/c1-13(9-5-3-2-4-6-9)7-11(14(15,16)17)20-12(19)10(13)8-18/h2-7H,19H2,1H3. The van der Waals surface area contributed by atoms with Gasteiger partial charge in [-0.3, -0.25) is 0 Å². The number of benzene rings is 1. The van der Waals surface area contributed by atoms with E-state index in [1.54, 1.807) is 30.3 Å². The van der Waals surface area contributed by atoms with Crippen LogP contribution in [0.3, 0.4) is 0 Å². The third kappa shape index (κ3) is 2.23. The van der Waals surface area contributed by atoms with Gasteiger partial charge in [0.15, 0.2) is 0 Å². The zero-order valence-corrected chi connectivity index (χ0v) is 10.5. The van der Waals surface area contributed by atoms with Crippen molar-refractivity contribution in [1.82, 2.24) is 0 Å². The first-order chi connectivity index (χ1) is 9.29. The molecule has 1 aromatic rings. The summed E-state index contributed by atoms with van der Waals surface area (Å²) in [4.78, 5) is 0. The van der Waals surface area contributed by atoms with Gasteiger partial charge in [0.25, 0.3) is 0 Å². The fourth-order valence-corrected chi connectivity index (χ4v) is 2.11. The smallest absolute Gasteiger partial charge is 0.436 e. The molecule has 2 rings (SSSR count). The monoisotopic (exact) mass is 280 g/mol. The van der Waals surface area contributed by atoms with Gasteiger partial charge in [-0.1, -0.05) is 30.3 Å². The molecule has 0 amide bonds. The number of hydrogen-bond donors (Lipinski definition) is 1. The molecule has 0 spiro atoms. The van der Waals surface area contributed by atoms with Gasteiger partial charge in [-0.25, -0.2) is 0 Å². The lowest BCUT2D eigenvalue weighted by Crippen LogP contribution is -2.33. The van der Waals surface area contributed by atoms with Crippen LogP contribution in [-0.2, 0) is 10.2 Å². The van der Waals surface area contributed by atoms with Gasteiger partial charge >= 0.3 is 6.18 Å². The topological polar surface area (TPSA) is 59.0 Å². The molecule has 1 heterocycles. The minimum absolute atomic E-state index is 0.0447. The Morgan fingerprint density at radius 2 is 1.85 bits per heavy atom. The minimum Gasteiger partial charge on any atom is -0.436 e. The Kier molecular flexibility index (Phi) is 3.22. The number of rotatable bonds is 1. The number of hydrogen-bond acceptors (Lipinski definition) is 3. The molecular weight excluding hydrogens is 269 g/mol. The molecule has 0 saturated heterocycles. The van der Waals surface area contributed by atoms with E-state index in [0.29, 0.717) is 5.56 Å². The third-order valence-corrected chi connectivity index (χ3v) is 3.17. The maximum atomic E-state index is 12.9. The molecular formula is C14H11F3N2O. The SMILES string of the molecule is CC1(c2ccccc2)C=C(C(F)(F)F)OC(N)=C1C#N. The summed E-state index contributed by atoms with van der Waals surface area (Å²) < 4.78 is 43.1. The van der Waals surface area contributed by atoms with Crippen LogP contribution < -0.4 is 5.73 Å². The van der Waals surface area contributed by atoms with E-state index in [1.165, 1.54) is 6.92 Å². The summed E-state index contributed by atoms with van der Waals surface area (Å²) in [6.07, 6.45) is -3.78. The van der Waals surface area contributed by atoms with Crippen molar-refractivity contribution in [3.05, 3.63) is 59.2 Å². The maximum Gasteiger partial charge on any atom is 0.449 e. The quantitative estimate of drug-likeness (QED) is 0.859. The van der Waals surface area contributed by atoms with E-state index in [9.17, 15) is 13.2 Å². The third-order valence-electron chi connectivity index (χ3n) is 3.17. The lowest BCUT2D eigenvalue weighted by atomic mass is 9.75. The van der Waals surface area contributed by atoms with Crippen molar-refractivity contribution < 1.29 is 17.9 Å². The van der Waals surface area contributed by atoms with Gasteiger partial charge in [-0.2, -0.15) is 18.4 Å². The average molecular weight is 280 g/mol. The van der Waals surface area contributed by atoms with Crippen LogP contribution in [0, 0.1) is 11.3 Å². The van der Waals surface area contributed by atoms with Crippen LogP contribution in [0.5, 0.6) is 0 Å². The summed E-state index contributed by atoms with van der Waals surface area (Å²) in [5.41, 5.74) is 4.70. The zero-order chi connectivity index (χ0) is 15.0. The first kappa shape index (κ1) is 14.0. The highest BCUT2D eigenvalue weighted by Gasteiger charge is 2.45. The fourth-order valence-electron chi connectivity index (χ4n) is 2.11. The molecule has 0 bridgehead atoms. The van der Waals surface area contributed by atoms with Crippen molar-refractivity contribution in [3.63, 3.8) is 0 Å². The second kappa shape index (κ2) is 4.60. The van der Waals surface area contributed by atoms with E-state index in [1.807, 2.05) is 6.07 Å². The van der Waals surface area contributed by atoms with Gasteiger partial charge < -0.3 is 10.5 Å². The second-order valence-electron chi connectivity index (χ2n) is 4.53. The molecule has 1 aromatic carbocycles. The van der Waals surface area contributed by atoms with Crippen LogP contribution in [0.2, 0.25) is 0 Å². The molecule has 1 aliphatic heterocycles. The molecule has 0 aliphatic carbocycles. The van der Waals surface area contributed by atoms with Crippen LogP contribution in [0.4, 0.5) is 13.2 Å². The molecule has 3 nitrogen and oxygen atoms in total. The van der Waals surface area contributed by atoms with Crippen LogP contribution >= 0.6 is 0 Å². The lowest BCUT2D eigenvalue weighted by Gasteiger charge is -2.32. The van der Waals surface area contributed by atoms with Crippen LogP contribution in [0.1, 0.15) is 12.5 Å². The lowest BCUT2D eigenvalue weighted by molar-refractivity contribution is -0.126. The van der Waals surface area contributed by atoms with Gasteiger partial charge in [0.2, 0.25) is 11.6 Å². The largest absolute Gasteiger partial charge is 0.449 e. The Bertz CT molecular complexity index is 626. The average Bonchev–Trinajstić information content (AvgIpc) is 2.38. The normalized spacial score (nSPS) is 22.9. The van der Waals surface area contributed by atoms with E-state index >= 15 is 0 Å². The van der Waals surface area contributed by atoms with Crippen LogP contribution in [0.15, 0.2) is 53.6 Å². The molecule has 1 aliphatic rings. The molecule has 6 heteroatoms. The Morgan fingerprint density at radius 1 is 1.25 bits per heavy atom. The summed E-state index contributed by atoms with van der Waals surface area (Å²) in [7, 11) is 0. The van der Waals surface area contributed by atoms with Gasteiger partial charge in [0.1, 0.15) is 11.6 Å². The van der Waals surface area contributed by atoms with E-state index in [-0.39, 0.29) is 5.57 Å². The number of nitriles is 1. The van der Waals surface area contributed by atoms with E-state index < -0.39 is 23.2 Å². The van der Waals surface area contributed by atoms with E-state index in [0.717, 1.165) is 6.08 Å². The highest BCUT2D eigenvalue weighted by atomic mass is 19.4. The van der Waals surface area contributed by atoms with Crippen molar-refractivity contribution in [2.45, 2.75) is 18.5 Å². The van der Waals surface area contributed by atoms with Crippen molar-refractivity contribution >= 4 is 0 Å². The van der Waals surface area contributed by atoms with E-state index in [4.69, 9.17) is 11.0 Å². The highest BCUT2D eigenvalue weighted by Crippen LogP contribution is 2.42. The first-order valence-electron chi connectivity index (χ1n) is 5.73. The summed E-state index contributed by atoms with van der Waals surface area (Å²) in [6.45, 7) is 1.50. The zero-order valence-electron chi connectivity index (χ0n) is 10.5. The number of ether oxygens (including phenoxy) is 1. The Labute approximate surface area is 113 Å². The molecule has 0 fully saturated rings. The van der Waals surface area contributed by atoms with Gasteiger partial charge in [0, 0.05) is 0 Å². The molecule has 1 unspecified atom stereocenters. The summed E-state index contributed by atoms with van der Waals surface area (Å²) >= 11 is 0. The number of allylic oxidation sites excluding steroid dienone is 3. The molecule has 1 atom stereocenters. The van der Waals surface area contributed by atoms with E-state index in [2.05, 4.69) is 4.74 Å². The summed E-state index contributed by atoms with van der Waals surface area (Å²) in [5.74, 6) is -1.73. The Morgan fingerprint density at radius 3 is 2.35 bits per heavy atom. The summed E-state index contributed by atoms with van der Waals surface area (Å²) in [6, 6.07) is 10.2. The highest BCUT2D eigenvalue weighted by molar-refractivity contribution is 5.50. The minimum atomic E-state index is -4.67. The first-order valence-corrected chi connectivity index (χ1v) is 5.73. The second-order valence-corrected chi connectivity index (χ2v) is 4.53. The van der Waals surface area contributed by atoms with Crippen molar-refractivity contribution in [1.29, 1.82) is 5.26 Å². The maximum absolute atomic E-state index is 12.9. The van der Waals surface area contributed by atoms with Crippen molar-refractivity contribution in [3.8, 4) is 6.07 Å². The number of halogens is 3. The van der Waals surface area contributed by atoms with Gasteiger partial charge in [-0.05, 0) is 18.6 Å². The molecule has 20 heavy (non-hydrogen) atoms. The van der Waals surface area contributed by atoms with Crippen molar-refractivity contribution in [2.24, 2.45) is 5.73 Å². The Balaban J connectivity index is 2.65. The van der Waals surface area contributed by atoms with Crippen LogP contribution in [0.25, 0.3) is 0 Å². The molecule has 0 radical (unpaired) electrons. The summed E-state index contributed by atoms with van der Waals surface area (Å²) in [5, 5.41) is 9.17. The van der Waals surface area contributed by atoms with Gasteiger partial charge in [0.05, 0.1) is 5.41 Å². The number of alkyl halides is 3. The number of nitrogens with two attached hydrogens (primary N) is 1. The van der Waals surface area contributed by atoms with Crippen molar-refractivity contribution in [2.75, 3.05) is 0 Å². The van der Waals surface area contributed by atoms with Crippen LogP contribution in [-0.4, -0.2) is 6.18 Å². The fraction of sp³-hybridized carbons (Fsp3) is 0.214. The Hall–Kier alpha value is -2.42. The molecule has 2 N–H and O–H groups in total. The molecule has 0 saturated carbocycles. The molecule has 0 aromatic heterocycles. The predicted octanol–water partition coefficient (Wildman–Crippen LogP) is 3.11.